The highest BCUT2D eigenvalue weighted by Gasteiger charge is 2.16. The van der Waals surface area contributed by atoms with Gasteiger partial charge in [-0.3, -0.25) is 4.57 Å². The van der Waals surface area contributed by atoms with Crippen LogP contribution in [0, 0.1) is 0 Å². The van der Waals surface area contributed by atoms with Gasteiger partial charge in [0, 0.05) is 6.07 Å². The zero-order valence-corrected chi connectivity index (χ0v) is 11.5. The average molecular weight is 283 g/mol. The number of rotatable bonds is 5. The minimum absolute atomic E-state index is 0.238. The van der Waals surface area contributed by atoms with Crippen LogP contribution in [0.15, 0.2) is 18.2 Å². The Morgan fingerprint density at radius 3 is 2.53 bits per heavy atom. The molecule has 7 heteroatoms. The third-order valence-corrected chi connectivity index (χ3v) is 2.97. The first-order chi connectivity index (χ1) is 9.24. The standard InChI is InChI=1S/C12H15ClN4O2/c1-18-8-3-4-9(10(5-8)19-2)17-11(6-13)15-16-12(17)7-14/h3-5H,6-7,14H2,1-2H3. The lowest BCUT2D eigenvalue weighted by atomic mass is 10.2. The molecule has 0 aliphatic carbocycles. The van der Waals surface area contributed by atoms with E-state index in [0.717, 1.165) is 5.69 Å². The molecule has 0 radical (unpaired) electrons. The van der Waals surface area contributed by atoms with Gasteiger partial charge in [-0.2, -0.15) is 0 Å². The van der Waals surface area contributed by atoms with Crippen LogP contribution in [0.5, 0.6) is 11.5 Å². The van der Waals surface area contributed by atoms with Gasteiger partial charge in [-0.1, -0.05) is 0 Å². The molecule has 2 rings (SSSR count). The molecule has 0 fully saturated rings. The third kappa shape index (κ3) is 2.50. The minimum atomic E-state index is 0.238. The summed E-state index contributed by atoms with van der Waals surface area (Å²) in [5, 5.41) is 8.03. The molecule has 0 saturated carbocycles. The van der Waals surface area contributed by atoms with Gasteiger partial charge in [-0.05, 0) is 12.1 Å². The SMILES string of the molecule is COc1ccc(-n2c(CN)nnc2CCl)c(OC)c1. The van der Waals surface area contributed by atoms with E-state index in [2.05, 4.69) is 10.2 Å². The second kappa shape index (κ2) is 5.90. The number of nitrogens with zero attached hydrogens (tertiary/aromatic N) is 3. The molecule has 0 aliphatic rings. The molecule has 0 atom stereocenters. The fourth-order valence-corrected chi connectivity index (χ4v) is 1.99. The molecule has 0 bridgehead atoms. The van der Waals surface area contributed by atoms with Gasteiger partial charge in [-0.25, -0.2) is 0 Å². The van der Waals surface area contributed by atoms with E-state index in [-0.39, 0.29) is 12.4 Å². The number of aromatic nitrogens is 3. The van der Waals surface area contributed by atoms with Gasteiger partial charge in [0.05, 0.1) is 32.3 Å². The molecule has 1 aromatic carbocycles. The Morgan fingerprint density at radius 2 is 1.95 bits per heavy atom. The number of ether oxygens (including phenoxy) is 2. The number of hydrogen-bond acceptors (Lipinski definition) is 5. The molecular weight excluding hydrogens is 268 g/mol. The first-order valence-electron chi connectivity index (χ1n) is 5.66. The van der Waals surface area contributed by atoms with Gasteiger partial charge in [0.25, 0.3) is 0 Å². The summed E-state index contributed by atoms with van der Waals surface area (Å²) in [6, 6.07) is 5.47. The second-order valence-electron chi connectivity index (χ2n) is 3.74. The van der Waals surface area contributed by atoms with Crippen LogP contribution in [-0.4, -0.2) is 29.0 Å². The molecule has 0 saturated heterocycles. The summed E-state index contributed by atoms with van der Waals surface area (Å²) in [5.74, 6) is 2.82. The quantitative estimate of drug-likeness (QED) is 0.841. The Balaban J connectivity index is 2.60. The summed E-state index contributed by atoms with van der Waals surface area (Å²) >= 11 is 5.88. The second-order valence-corrected chi connectivity index (χ2v) is 4.01. The normalized spacial score (nSPS) is 10.5. The zero-order chi connectivity index (χ0) is 13.8. The molecule has 2 N–H and O–H groups in total. The van der Waals surface area contributed by atoms with Crippen LogP contribution in [0.2, 0.25) is 0 Å². The molecule has 0 aliphatic heterocycles. The first-order valence-corrected chi connectivity index (χ1v) is 6.20. The maximum Gasteiger partial charge on any atom is 0.152 e. The minimum Gasteiger partial charge on any atom is -0.497 e. The lowest BCUT2D eigenvalue weighted by Crippen LogP contribution is -2.10. The molecule has 0 spiro atoms. The lowest BCUT2D eigenvalue weighted by molar-refractivity contribution is 0.393. The summed E-state index contributed by atoms with van der Waals surface area (Å²) < 4.78 is 12.3. The summed E-state index contributed by atoms with van der Waals surface area (Å²) in [6.45, 7) is 0.263. The molecule has 19 heavy (non-hydrogen) atoms. The van der Waals surface area contributed by atoms with E-state index in [1.54, 1.807) is 24.9 Å². The van der Waals surface area contributed by atoms with Crippen LogP contribution in [-0.2, 0) is 12.4 Å². The number of halogens is 1. The molecule has 6 nitrogen and oxygen atoms in total. The zero-order valence-electron chi connectivity index (χ0n) is 10.8. The molecule has 0 amide bonds. The summed E-state index contributed by atoms with van der Waals surface area (Å²) in [7, 11) is 3.19. The fraction of sp³-hybridized carbons (Fsp3) is 0.333. The van der Waals surface area contributed by atoms with Crippen molar-refractivity contribution in [2.45, 2.75) is 12.4 Å². The summed E-state index contributed by atoms with van der Waals surface area (Å²) in [5.41, 5.74) is 6.45. The Bertz CT molecular complexity index is 549. The van der Waals surface area contributed by atoms with Gasteiger partial charge in [0.15, 0.2) is 11.6 Å². The third-order valence-electron chi connectivity index (χ3n) is 2.73. The first kappa shape index (κ1) is 13.6. The molecule has 0 unspecified atom stereocenters. The summed E-state index contributed by atoms with van der Waals surface area (Å²) in [6.07, 6.45) is 0. The van der Waals surface area contributed by atoms with Crippen molar-refractivity contribution in [2.24, 2.45) is 5.73 Å². The van der Waals surface area contributed by atoms with Crippen molar-refractivity contribution in [3.8, 4) is 17.2 Å². The van der Waals surface area contributed by atoms with Crippen molar-refractivity contribution >= 4 is 11.6 Å². The Labute approximate surface area is 116 Å². The van der Waals surface area contributed by atoms with Gasteiger partial charge in [-0.15, -0.1) is 21.8 Å². The Morgan fingerprint density at radius 1 is 1.21 bits per heavy atom. The van der Waals surface area contributed by atoms with Gasteiger partial charge >= 0.3 is 0 Å². The monoisotopic (exact) mass is 282 g/mol. The molecule has 1 heterocycles. The highest BCUT2D eigenvalue weighted by Crippen LogP contribution is 2.29. The summed E-state index contributed by atoms with van der Waals surface area (Å²) in [4.78, 5) is 0. The Hall–Kier alpha value is -1.79. The van der Waals surface area contributed by atoms with E-state index < -0.39 is 0 Å². The van der Waals surface area contributed by atoms with Crippen molar-refractivity contribution in [1.82, 2.24) is 14.8 Å². The van der Waals surface area contributed by atoms with Crippen LogP contribution in [0.25, 0.3) is 5.69 Å². The largest absolute Gasteiger partial charge is 0.497 e. The van der Waals surface area contributed by atoms with Crippen LogP contribution in [0.4, 0.5) is 0 Å². The van der Waals surface area contributed by atoms with E-state index >= 15 is 0 Å². The van der Waals surface area contributed by atoms with E-state index in [0.29, 0.717) is 23.1 Å². The van der Waals surface area contributed by atoms with Gasteiger partial charge in [0.1, 0.15) is 11.5 Å². The number of nitrogens with two attached hydrogens (primary N) is 1. The predicted octanol–water partition coefficient (Wildman–Crippen LogP) is 1.48. The highest BCUT2D eigenvalue weighted by atomic mass is 35.5. The van der Waals surface area contributed by atoms with Crippen molar-refractivity contribution < 1.29 is 9.47 Å². The molecular formula is C12H15ClN4O2. The van der Waals surface area contributed by atoms with Crippen LogP contribution in [0.1, 0.15) is 11.6 Å². The molecule has 1 aromatic heterocycles. The van der Waals surface area contributed by atoms with E-state index in [9.17, 15) is 0 Å². The van der Waals surface area contributed by atoms with Crippen molar-refractivity contribution in [3.05, 3.63) is 29.8 Å². The van der Waals surface area contributed by atoms with Gasteiger partial charge in [0.2, 0.25) is 0 Å². The predicted molar refractivity (Wildman–Crippen MR) is 71.9 cm³/mol. The van der Waals surface area contributed by atoms with Crippen LogP contribution in [0.3, 0.4) is 0 Å². The topological polar surface area (TPSA) is 75.2 Å². The van der Waals surface area contributed by atoms with Crippen molar-refractivity contribution in [1.29, 1.82) is 0 Å². The number of alkyl halides is 1. The maximum atomic E-state index is 5.88. The van der Waals surface area contributed by atoms with Crippen LogP contribution >= 0.6 is 11.6 Å². The molecule has 2 aromatic rings. The maximum absolute atomic E-state index is 5.88. The van der Waals surface area contributed by atoms with Crippen molar-refractivity contribution in [3.63, 3.8) is 0 Å². The Kier molecular flexibility index (Phi) is 4.24. The number of benzene rings is 1. The van der Waals surface area contributed by atoms with E-state index in [1.165, 1.54) is 0 Å². The number of methoxy groups -OCH3 is 2. The van der Waals surface area contributed by atoms with Crippen LogP contribution < -0.4 is 15.2 Å². The average Bonchev–Trinajstić information content (AvgIpc) is 2.89. The highest BCUT2D eigenvalue weighted by molar-refractivity contribution is 6.16. The van der Waals surface area contributed by atoms with E-state index in [4.69, 9.17) is 26.8 Å². The smallest absolute Gasteiger partial charge is 0.152 e. The van der Waals surface area contributed by atoms with Crippen molar-refractivity contribution in [2.75, 3.05) is 14.2 Å². The molecule has 102 valence electrons. The van der Waals surface area contributed by atoms with E-state index in [1.807, 2.05) is 12.1 Å². The fourth-order valence-electron chi connectivity index (χ4n) is 1.82. The lowest BCUT2D eigenvalue weighted by Gasteiger charge is -2.13. The number of hydrogen-bond donors (Lipinski definition) is 1. The van der Waals surface area contributed by atoms with Gasteiger partial charge < -0.3 is 15.2 Å².